The highest BCUT2D eigenvalue weighted by Gasteiger charge is 2.14. The fourth-order valence-corrected chi connectivity index (χ4v) is 3.43. The van der Waals surface area contributed by atoms with Crippen LogP contribution in [0.4, 0.5) is 0 Å². The number of hydrogen-bond acceptors (Lipinski definition) is 3. The lowest BCUT2D eigenvalue weighted by Gasteiger charge is -2.17. The number of hydrogen-bond donors (Lipinski definition) is 2. The van der Waals surface area contributed by atoms with Crippen LogP contribution in [0.15, 0.2) is 59.5 Å². The van der Waals surface area contributed by atoms with Crippen LogP contribution in [0.5, 0.6) is 0 Å². The Morgan fingerprint density at radius 3 is 2.24 bits per heavy atom. The fraction of sp³-hybridized carbons (Fsp3) is 0.294. The average Bonchev–Trinajstić information content (AvgIpc) is 2.52. The average molecular weight is 300 g/mol. The molecule has 0 aliphatic heterocycles. The maximum absolute atomic E-state index is 9.14. The van der Waals surface area contributed by atoms with Crippen LogP contribution in [0.1, 0.15) is 37.0 Å². The van der Waals surface area contributed by atoms with Crippen molar-refractivity contribution in [1.29, 1.82) is 0 Å². The summed E-state index contributed by atoms with van der Waals surface area (Å²) in [4.78, 5) is 1.16. The van der Waals surface area contributed by atoms with Crippen molar-refractivity contribution in [2.45, 2.75) is 36.3 Å². The second-order valence-corrected chi connectivity index (χ2v) is 6.38. The number of benzene rings is 2. The van der Waals surface area contributed by atoms with Gasteiger partial charge in [-0.3, -0.25) is 0 Å². The zero-order chi connectivity index (χ0) is 15.1. The molecule has 0 saturated heterocycles. The summed E-state index contributed by atoms with van der Waals surface area (Å²) >= 11 is 1.84. The summed E-state index contributed by atoms with van der Waals surface area (Å²) in [6.07, 6.45) is 3.55. The van der Waals surface area contributed by atoms with Gasteiger partial charge in [0, 0.05) is 10.1 Å². The van der Waals surface area contributed by atoms with E-state index in [-0.39, 0.29) is 0 Å². The lowest BCUT2D eigenvalue weighted by Crippen LogP contribution is -2.29. The van der Waals surface area contributed by atoms with E-state index in [0.29, 0.717) is 10.7 Å². The van der Waals surface area contributed by atoms with Gasteiger partial charge in [-0.05, 0) is 29.6 Å². The van der Waals surface area contributed by atoms with Gasteiger partial charge < -0.3 is 10.0 Å². The Kier molecular flexibility index (Phi) is 6.36. The highest BCUT2D eigenvalue weighted by Crippen LogP contribution is 2.38. The molecule has 0 saturated carbocycles. The third-order valence-corrected chi connectivity index (χ3v) is 4.78. The maximum Gasteiger partial charge on any atom is 0.488 e. The fourth-order valence-electron chi connectivity index (χ4n) is 2.23. The van der Waals surface area contributed by atoms with Gasteiger partial charge in [-0.25, -0.2) is 0 Å². The van der Waals surface area contributed by atoms with Crippen molar-refractivity contribution >= 4 is 24.3 Å². The molecule has 0 amide bonds. The molecule has 0 spiro atoms. The molecule has 2 aromatic rings. The van der Waals surface area contributed by atoms with Gasteiger partial charge in [-0.2, -0.15) is 0 Å². The van der Waals surface area contributed by atoms with Crippen molar-refractivity contribution in [2.24, 2.45) is 0 Å². The predicted octanol–water partition coefficient (Wildman–Crippen LogP) is 3.39. The van der Waals surface area contributed by atoms with E-state index in [9.17, 15) is 0 Å². The molecule has 2 N–H and O–H groups in total. The molecular formula is C17H21BO2S. The molecule has 0 aromatic heterocycles. The van der Waals surface area contributed by atoms with Crippen LogP contribution in [0.25, 0.3) is 0 Å². The summed E-state index contributed by atoms with van der Waals surface area (Å²) < 4.78 is 0. The molecule has 0 bridgehead atoms. The first-order valence-electron chi connectivity index (χ1n) is 7.38. The second-order valence-electron chi connectivity index (χ2n) is 5.10. The minimum atomic E-state index is -1.39. The van der Waals surface area contributed by atoms with E-state index < -0.39 is 7.12 Å². The third kappa shape index (κ3) is 4.92. The van der Waals surface area contributed by atoms with Gasteiger partial charge >= 0.3 is 7.12 Å². The summed E-state index contributed by atoms with van der Waals surface area (Å²) in [7, 11) is -1.39. The molecule has 0 heterocycles. The van der Waals surface area contributed by atoms with Gasteiger partial charge in [0.25, 0.3) is 0 Å². The van der Waals surface area contributed by atoms with Crippen LogP contribution in [0.3, 0.4) is 0 Å². The summed E-state index contributed by atoms with van der Waals surface area (Å²) in [5.74, 6) is 0. The second kappa shape index (κ2) is 8.27. The molecule has 0 aliphatic rings. The smallest absolute Gasteiger partial charge is 0.423 e. The lowest BCUT2D eigenvalue weighted by molar-refractivity contribution is 0.426. The topological polar surface area (TPSA) is 40.5 Å². The van der Waals surface area contributed by atoms with Crippen LogP contribution < -0.4 is 5.46 Å². The molecular weight excluding hydrogens is 279 g/mol. The molecule has 0 fully saturated rings. The van der Waals surface area contributed by atoms with Gasteiger partial charge in [-0.1, -0.05) is 62.2 Å². The van der Waals surface area contributed by atoms with Crippen LogP contribution >= 0.6 is 11.8 Å². The number of rotatable bonds is 7. The van der Waals surface area contributed by atoms with Crippen molar-refractivity contribution in [1.82, 2.24) is 0 Å². The molecule has 21 heavy (non-hydrogen) atoms. The Morgan fingerprint density at radius 2 is 1.67 bits per heavy atom. The van der Waals surface area contributed by atoms with Gasteiger partial charge in [0.1, 0.15) is 0 Å². The molecule has 4 heteroatoms. The standard InChI is InChI=1S/C17H21BO2S/c1-2-3-9-17(14-7-5-4-6-8-14)21-16-12-10-15(11-13-16)18(19)20/h4-8,10-13,17,19-20H,2-3,9H2,1H3. The highest BCUT2D eigenvalue weighted by molar-refractivity contribution is 7.99. The van der Waals surface area contributed by atoms with E-state index in [1.807, 2.05) is 30.0 Å². The summed E-state index contributed by atoms with van der Waals surface area (Å²) in [6.45, 7) is 2.21. The molecule has 2 nitrogen and oxygen atoms in total. The highest BCUT2D eigenvalue weighted by atomic mass is 32.2. The van der Waals surface area contributed by atoms with E-state index in [0.717, 1.165) is 11.3 Å². The number of unbranched alkanes of at least 4 members (excludes halogenated alkanes) is 1. The van der Waals surface area contributed by atoms with Gasteiger partial charge in [0.05, 0.1) is 0 Å². The van der Waals surface area contributed by atoms with Crippen molar-refractivity contribution in [2.75, 3.05) is 0 Å². The molecule has 2 rings (SSSR count). The molecule has 0 aliphatic carbocycles. The summed E-state index contributed by atoms with van der Waals surface area (Å²) in [5, 5.41) is 18.7. The van der Waals surface area contributed by atoms with Crippen molar-refractivity contribution < 1.29 is 10.0 Å². The monoisotopic (exact) mass is 300 g/mol. The summed E-state index contributed by atoms with van der Waals surface area (Å²) in [6, 6.07) is 18.0. The van der Waals surface area contributed by atoms with Crippen LogP contribution in [0.2, 0.25) is 0 Å². The summed E-state index contributed by atoms with van der Waals surface area (Å²) in [5.41, 5.74) is 1.88. The maximum atomic E-state index is 9.14. The van der Waals surface area contributed by atoms with E-state index in [1.165, 1.54) is 18.4 Å². The first kappa shape index (κ1) is 16.2. The Labute approximate surface area is 131 Å². The first-order valence-corrected chi connectivity index (χ1v) is 8.26. The zero-order valence-electron chi connectivity index (χ0n) is 12.3. The van der Waals surface area contributed by atoms with E-state index in [2.05, 4.69) is 31.2 Å². The molecule has 1 atom stereocenters. The predicted molar refractivity (Wildman–Crippen MR) is 90.8 cm³/mol. The first-order chi connectivity index (χ1) is 10.2. The minimum Gasteiger partial charge on any atom is -0.423 e. The molecule has 1 unspecified atom stereocenters. The van der Waals surface area contributed by atoms with E-state index in [1.54, 1.807) is 12.1 Å². The number of thioether (sulfide) groups is 1. The Morgan fingerprint density at radius 1 is 1.00 bits per heavy atom. The third-order valence-electron chi connectivity index (χ3n) is 3.45. The quantitative estimate of drug-likeness (QED) is 0.608. The van der Waals surface area contributed by atoms with Gasteiger partial charge in [0.2, 0.25) is 0 Å². The molecule has 2 aromatic carbocycles. The SMILES string of the molecule is CCCCC(Sc1ccc(B(O)O)cc1)c1ccccc1. The van der Waals surface area contributed by atoms with Crippen molar-refractivity contribution in [3.63, 3.8) is 0 Å². The van der Waals surface area contributed by atoms with E-state index in [4.69, 9.17) is 10.0 Å². The van der Waals surface area contributed by atoms with Crippen molar-refractivity contribution in [3.05, 3.63) is 60.2 Å². The Balaban J connectivity index is 2.11. The van der Waals surface area contributed by atoms with Gasteiger partial charge in [0.15, 0.2) is 0 Å². The normalized spacial score (nSPS) is 12.1. The zero-order valence-corrected chi connectivity index (χ0v) is 13.1. The largest absolute Gasteiger partial charge is 0.488 e. The Hall–Kier alpha value is -1.23. The molecule has 0 radical (unpaired) electrons. The lowest BCUT2D eigenvalue weighted by atomic mass is 9.81. The Bertz CT molecular complexity index is 528. The van der Waals surface area contributed by atoms with E-state index >= 15 is 0 Å². The molecule has 110 valence electrons. The minimum absolute atomic E-state index is 0.441. The van der Waals surface area contributed by atoms with Crippen LogP contribution in [0, 0.1) is 0 Å². The van der Waals surface area contributed by atoms with Gasteiger partial charge in [-0.15, -0.1) is 11.8 Å². The van der Waals surface area contributed by atoms with Crippen LogP contribution in [-0.2, 0) is 0 Å². The van der Waals surface area contributed by atoms with Crippen molar-refractivity contribution in [3.8, 4) is 0 Å². The van der Waals surface area contributed by atoms with Crippen LogP contribution in [-0.4, -0.2) is 17.2 Å².